The highest BCUT2D eigenvalue weighted by Gasteiger charge is 2.14. The smallest absolute Gasteiger partial charge is 0.145 e. The number of nitrogens with two attached hydrogens (primary N) is 1. The number of rotatable bonds is 2. The first-order chi connectivity index (χ1) is 8.17. The molecule has 6 heteroatoms. The van der Waals surface area contributed by atoms with Crippen LogP contribution in [0, 0.1) is 11.3 Å². The Balaban J connectivity index is 2.61. The molecule has 0 atom stereocenters. The molecule has 84 valence electrons. The Kier molecular flexibility index (Phi) is 3.09. The number of nitrogen functional groups attached to an aromatic ring is 1. The maximum Gasteiger partial charge on any atom is 0.145 e. The molecular formula is C11H7ClN4S. The van der Waals surface area contributed by atoms with Crippen molar-refractivity contribution in [3.63, 3.8) is 0 Å². The van der Waals surface area contributed by atoms with Gasteiger partial charge in [0.25, 0.3) is 0 Å². The van der Waals surface area contributed by atoms with Crippen LogP contribution in [0.25, 0.3) is 5.69 Å². The highest BCUT2D eigenvalue weighted by Crippen LogP contribution is 2.20. The number of hydrogen-bond donors (Lipinski definition) is 1. The van der Waals surface area contributed by atoms with Crippen molar-refractivity contribution in [2.75, 3.05) is 5.73 Å². The van der Waals surface area contributed by atoms with Gasteiger partial charge in [0.2, 0.25) is 0 Å². The summed E-state index contributed by atoms with van der Waals surface area (Å²) >= 11 is 10.6. The van der Waals surface area contributed by atoms with E-state index in [1.54, 1.807) is 24.3 Å². The van der Waals surface area contributed by atoms with E-state index in [9.17, 15) is 0 Å². The first-order valence-electron chi connectivity index (χ1n) is 4.67. The first-order valence-corrected chi connectivity index (χ1v) is 5.52. The summed E-state index contributed by atoms with van der Waals surface area (Å²) in [4.78, 5) is 0. The van der Waals surface area contributed by atoms with E-state index in [2.05, 4.69) is 5.10 Å². The normalized spacial score (nSPS) is 9.88. The molecule has 2 rings (SSSR count). The minimum Gasteiger partial charge on any atom is -0.382 e. The third kappa shape index (κ3) is 2.00. The predicted molar refractivity (Wildman–Crippen MR) is 70.5 cm³/mol. The molecule has 1 aromatic heterocycles. The van der Waals surface area contributed by atoms with Crippen molar-refractivity contribution in [1.82, 2.24) is 9.78 Å². The van der Waals surface area contributed by atoms with E-state index >= 15 is 0 Å². The molecular weight excluding hydrogens is 256 g/mol. The van der Waals surface area contributed by atoms with Crippen molar-refractivity contribution < 1.29 is 0 Å². The SMILES string of the molecule is N#Cc1c(C=S)nn(-c2ccc(Cl)cc2)c1N. The van der Waals surface area contributed by atoms with Crippen molar-refractivity contribution in [3.05, 3.63) is 40.5 Å². The van der Waals surface area contributed by atoms with Gasteiger partial charge >= 0.3 is 0 Å². The molecule has 0 radical (unpaired) electrons. The van der Waals surface area contributed by atoms with E-state index in [1.807, 2.05) is 6.07 Å². The van der Waals surface area contributed by atoms with Crippen LogP contribution in [0.1, 0.15) is 11.3 Å². The summed E-state index contributed by atoms with van der Waals surface area (Å²) in [6, 6.07) is 8.96. The molecule has 0 amide bonds. The van der Waals surface area contributed by atoms with E-state index in [-0.39, 0.29) is 11.4 Å². The van der Waals surface area contributed by atoms with E-state index < -0.39 is 0 Å². The molecule has 2 N–H and O–H groups in total. The summed E-state index contributed by atoms with van der Waals surface area (Å²) in [6.07, 6.45) is 0. The molecule has 0 unspecified atom stereocenters. The first kappa shape index (κ1) is 11.6. The van der Waals surface area contributed by atoms with Crippen LogP contribution in [0.2, 0.25) is 5.02 Å². The van der Waals surface area contributed by atoms with Crippen LogP contribution in [-0.4, -0.2) is 15.1 Å². The summed E-state index contributed by atoms with van der Waals surface area (Å²) in [5, 5.41) is 15.1. The zero-order valence-electron chi connectivity index (χ0n) is 8.59. The third-order valence-corrected chi connectivity index (χ3v) is 2.72. The second kappa shape index (κ2) is 4.53. The lowest BCUT2D eigenvalue weighted by Crippen LogP contribution is -2.02. The van der Waals surface area contributed by atoms with Gasteiger partial charge in [-0.15, -0.1) is 0 Å². The maximum atomic E-state index is 8.96. The molecule has 0 saturated heterocycles. The minimum absolute atomic E-state index is 0.269. The molecule has 0 aliphatic carbocycles. The van der Waals surface area contributed by atoms with Crippen molar-refractivity contribution in [3.8, 4) is 11.8 Å². The van der Waals surface area contributed by atoms with E-state index in [1.165, 1.54) is 10.0 Å². The fraction of sp³-hybridized carbons (Fsp3) is 0. The number of nitriles is 1. The van der Waals surface area contributed by atoms with E-state index in [4.69, 9.17) is 34.8 Å². The van der Waals surface area contributed by atoms with Crippen LogP contribution in [0.4, 0.5) is 5.82 Å². The molecule has 0 saturated carbocycles. The van der Waals surface area contributed by atoms with E-state index in [0.717, 1.165) is 5.69 Å². The monoisotopic (exact) mass is 262 g/mol. The van der Waals surface area contributed by atoms with Gasteiger partial charge in [0, 0.05) is 10.4 Å². The molecule has 4 nitrogen and oxygen atoms in total. The molecule has 17 heavy (non-hydrogen) atoms. The Bertz CT molecular complexity index is 610. The average Bonchev–Trinajstić information content (AvgIpc) is 2.66. The van der Waals surface area contributed by atoms with Gasteiger partial charge in [-0.3, -0.25) is 0 Å². The average molecular weight is 263 g/mol. The number of anilines is 1. The van der Waals surface area contributed by atoms with Gasteiger partial charge < -0.3 is 5.73 Å². The van der Waals surface area contributed by atoms with Gasteiger partial charge in [-0.25, -0.2) is 4.68 Å². The molecule has 2 aromatic rings. The second-order valence-electron chi connectivity index (χ2n) is 3.26. The molecule has 0 spiro atoms. The van der Waals surface area contributed by atoms with Gasteiger partial charge in [-0.1, -0.05) is 23.8 Å². The van der Waals surface area contributed by atoms with Gasteiger partial charge in [-0.2, -0.15) is 10.4 Å². The number of nitrogens with zero attached hydrogens (tertiary/aromatic N) is 3. The number of thiocarbonyl (C=S) groups is 1. The number of benzene rings is 1. The molecule has 0 fully saturated rings. The van der Waals surface area contributed by atoms with Crippen LogP contribution >= 0.6 is 23.8 Å². The zero-order valence-corrected chi connectivity index (χ0v) is 10.2. The topological polar surface area (TPSA) is 67.6 Å². The van der Waals surface area contributed by atoms with Gasteiger partial charge in [0.15, 0.2) is 0 Å². The van der Waals surface area contributed by atoms with Crippen molar-refractivity contribution in [2.45, 2.75) is 0 Å². The maximum absolute atomic E-state index is 8.96. The fourth-order valence-corrected chi connectivity index (χ4v) is 1.72. The molecule has 1 aromatic carbocycles. The lowest BCUT2D eigenvalue weighted by molar-refractivity contribution is 0.888. The highest BCUT2D eigenvalue weighted by atomic mass is 35.5. The van der Waals surface area contributed by atoms with Crippen molar-refractivity contribution in [1.29, 1.82) is 5.26 Å². The van der Waals surface area contributed by atoms with Crippen LogP contribution in [0.5, 0.6) is 0 Å². The van der Waals surface area contributed by atoms with Gasteiger partial charge in [0.05, 0.1) is 5.69 Å². The summed E-state index contributed by atoms with van der Waals surface area (Å²) in [5.41, 5.74) is 7.25. The summed E-state index contributed by atoms with van der Waals surface area (Å²) in [7, 11) is 0. The summed E-state index contributed by atoms with van der Waals surface area (Å²) in [5.74, 6) is 0.269. The lowest BCUT2D eigenvalue weighted by Gasteiger charge is -2.03. The number of aromatic nitrogens is 2. The Morgan fingerprint density at radius 1 is 1.41 bits per heavy atom. The van der Waals surface area contributed by atoms with Crippen LogP contribution < -0.4 is 5.73 Å². The number of halogens is 1. The third-order valence-electron chi connectivity index (χ3n) is 2.24. The Morgan fingerprint density at radius 2 is 2.06 bits per heavy atom. The largest absolute Gasteiger partial charge is 0.382 e. The Labute approximate surface area is 108 Å². The number of hydrogen-bond acceptors (Lipinski definition) is 4. The van der Waals surface area contributed by atoms with Crippen molar-refractivity contribution in [2.24, 2.45) is 0 Å². The Morgan fingerprint density at radius 3 is 2.53 bits per heavy atom. The van der Waals surface area contributed by atoms with Gasteiger partial charge in [0.1, 0.15) is 23.1 Å². The van der Waals surface area contributed by atoms with Crippen LogP contribution in [0.15, 0.2) is 24.3 Å². The van der Waals surface area contributed by atoms with Gasteiger partial charge in [-0.05, 0) is 24.3 Å². The highest BCUT2D eigenvalue weighted by molar-refractivity contribution is 7.79. The van der Waals surface area contributed by atoms with Crippen LogP contribution in [0.3, 0.4) is 0 Å². The zero-order chi connectivity index (χ0) is 12.4. The minimum atomic E-state index is 0.269. The quantitative estimate of drug-likeness (QED) is 0.844. The predicted octanol–water partition coefficient (Wildman–Crippen LogP) is 2.33. The van der Waals surface area contributed by atoms with Crippen LogP contribution in [-0.2, 0) is 0 Å². The fourth-order valence-electron chi connectivity index (χ4n) is 1.42. The molecule has 0 aliphatic heterocycles. The lowest BCUT2D eigenvalue weighted by atomic mass is 10.2. The molecule has 0 aliphatic rings. The van der Waals surface area contributed by atoms with E-state index in [0.29, 0.717) is 10.7 Å². The summed E-state index contributed by atoms with van der Waals surface area (Å²) < 4.78 is 1.47. The van der Waals surface area contributed by atoms with Crippen molar-refractivity contribution >= 4 is 35.0 Å². The standard InChI is InChI=1S/C11H7ClN4S/c12-7-1-3-8(4-2-7)16-11(14)9(5-13)10(6-17)15-16/h1-4,6H,14H2. The summed E-state index contributed by atoms with van der Waals surface area (Å²) in [6.45, 7) is 0. The molecule has 1 heterocycles. The molecule has 0 bridgehead atoms. The second-order valence-corrected chi connectivity index (χ2v) is 3.94. The Hall–Kier alpha value is -1.90.